The normalized spacial score (nSPS) is 17.7. The number of carbonyl (C=O) groups is 1. The van der Waals surface area contributed by atoms with E-state index in [1.807, 2.05) is 12.4 Å². The molecular formula is C17H25N5O2. The predicted octanol–water partition coefficient (Wildman–Crippen LogP) is 1.48. The number of nitrogens with one attached hydrogen (secondary N) is 1. The first-order valence-corrected chi connectivity index (χ1v) is 8.65. The van der Waals surface area contributed by atoms with E-state index < -0.39 is 0 Å². The van der Waals surface area contributed by atoms with Crippen molar-refractivity contribution in [2.75, 3.05) is 26.2 Å². The van der Waals surface area contributed by atoms with E-state index in [0.717, 1.165) is 44.6 Å². The van der Waals surface area contributed by atoms with Crippen LogP contribution in [0.15, 0.2) is 18.6 Å². The minimum Gasteiger partial charge on any atom is -0.376 e. The summed E-state index contributed by atoms with van der Waals surface area (Å²) in [5.74, 6) is -0.149. The Morgan fingerprint density at radius 2 is 2.25 bits per heavy atom. The average molecular weight is 331 g/mol. The summed E-state index contributed by atoms with van der Waals surface area (Å²) in [7, 11) is 0. The third-order valence-electron chi connectivity index (χ3n) is 4.47. The second-order valence-electron chi connectivity index (χ2n) is 6.10. The Bertz CT molecular complexity index is 689. The molecule has 1 N–H and O–H groups in total. The van der Waals surface area contributed by atoms with Crippen molar-refractivity contribution in [3.63, 3.8) is 0 Å². The number of carbonyl (C=O) groups excluding carboxylic acids is 1. The van der Waals surface area contributed by atoms with Gasteiger partial charge in [0.15, 0.2) is 5.65 Å². The van der Waals surface area contributed by atoms with E-state index in [4.69, 9.17) is 4.74 Å². The van der Waals surface area contributed by atoms with Gasteiger partial charge in [0.2, 0.25) is 0 Å². The molecular weight excluding hydrogens is 306 g/mol. The maximum atomic E-state index is 12.4. The first-order valence-electron chi connectivity index (χ1n) is 8.65. The van der Waals surface area contributed by atoms with Gasteiger partial charge in [-0.25, -0.2) is 9.50 Å². The molecule has 7 nitrogen and oxygen atoms in total. The summed E-state index contributed by atoms with van der Waals surface area (Å²) in [5, 5.41) is 7.20. The molecule has 1 amide bonds. The molecule has 0 radical (unpaired) electrons. The fraction of sp³-hybridized carbons (Fsp3) is 0.588. The molecule has 1 aliphatic heterocycles. The van der Waals surface area contributed by atoms with Gasteiger partial charge in [0, 0.05) is 37.7 Å². The van der Waals surface area contributed by atoms with Crippen molar-refractivity contribution in [1.82, 2.24) is 24.8 Å². The fourth-order valence-electron chi connectivity index (χ4n) is 2.97. The van der Waals surface area contributed by atoms with Crippen LogP contribution < -0.4 is 5.32 Å². The monoisotopic (exact) mass is 331 g/mol. The molecule has 0 unspecified atom stereocenters. The largest absolute Gasteiger partial charge is 0.376 e. The van der Waals surface area contributed by atoms with Crippen LogP contribution in [0, 0.1) is 0 Å². The van der Waals surface area contributed by atoms with Gasteiger partial charge >= 0.3 is 0 Å². The lowest BCUT2D eigenvalue weighted by molar-refractivity contribution is 0.0859. The summed E-state index contributed by atoms with van der Waals surface area (Å²) in [5.41, 5.74) is 2.17. The summed E-state index contributed by atoms with van der Waals surface area (Å²) in [6.07, 6.45) is 7.54. The first-order chi connectivity index (χ1) is 11.7. The summed E-state index contributed by atoms with van der Waals surface area (Å²) >= 11 is 0. The van der Waals surface area contributed by atoms with Gasteiger partial charge in [-0.05, 0) is 25.9 Å². The van der Waals surface area contributed by atoms with Crippen molar-refractivity contribution >= 4 is 11.6 Å². The van der Waals surface area contributed by atoms with Crippen LogP contribution in [-0.2, 0) is 11.3 Å². The van der Waals surface area contributed by atoms with Gasteiger partial charge in [0.05, 0.1) is 12.3 Å². The van der Waals surface area contributed by atoms with Crippen LogP contribution in [0.5, 0.6) is 0 Å². The lowest BCUT2D eigenvalue weighted by Crippen LogP contribution is -2.31. The fourth-order valence-corrected chi connectivity index (χ4v) is 2.97. The van der Waals surface area contributed by atoms with Crippen molar-refractivity contribution < 1.29 is 9.53 Å². The molecule has 0 spiro atoms. The Morgan fingerprint density at radius 1 is 1.42 bits per heavy atom. The minimum atomic E-state index is -0.149. The van der Waals surface area contributed by atoms with Crippen molar-refractivity contribution in [3.05, 3.63) is 29.7 Å². The Kier molecular flexibility index (Phi) is 5.42. The molecule has 7 heteroatoms. The third-order valence-corrected chi connectivity index (χ3v) is 4.47. The summed E-state index contributed by atoms with van der Waals surface area (Å²) in [4.78, 5) is 19.1. The van der Waals surface area contributed by atoms with Crippen molar-refractivity contribution in [2.24, 2.45) is 0 Å². The molecule has 130 valence electrons. The number of ether oxygens (including phenoxy) is 1. The number of fused-ring (bicyclic) bond motifs is 1. The highest BCUT2D eigenvalue weighted by Gasteiger charge is 2.19. The second kappa shape index (κ2) is 7.72. The molecule has 0 aliphatic carbocycles. The topological polar surface area (TPSA) is 71.8 Å². The van der Waals surface area contributed by atoms with Crippen LogP contribution in [-0.4, -0.2) is 57.8 Å². The highest BCUT2D eigenvalue weighted by Crippen LogP contribution is 2.13. The van der Waals surface area contributed by atoms with Gasteiger partial charge in [-0.15, -0.1) is 0 Å². The van der Waals surface area contributed by atoms with E-state index in [-0.39, 0.29) is 12.0 Å². The first kappa shape index (κ1) is 16.9. The summed E-state index contributed by atoms with van der Waals surface area (Å²) in [6.45, 7) is 8.41. The van der Waals surface area contributed by atoms with Crippen LogP contribution in [0.3, 0.4) is 0 Å². The van der Waals surface area contributed by atoms with Gasteiger partial charge in [-0.1, -0.05) is 13.8 Å². The lowest BCUT2D eigenvalue weighted by Gasteiger charge is -2.17. The van der Waals surface area contributed by atoms with Gasteiger partial charge in [-0.3, -0.25) is 9.69 Å². The van der Waals surface area contributed by atoms with Gasteiger partial charge in [-0.2, -0.15) is 5.10 Å². The molecule has 0 saturated carbocycles. The van der Waals surface area contributed by atoms with Crippen LogP contribution in [0.25, 0.3) is 5.65 Å². The number of hydrogen-bond donors (Lipinski definition) is 1. The Labute approximate surface area is 142 Å². The average Bonchev–Trinajstić information content (AvgIpc) is 3.26. The molecule has 1 fully saturated rings. The molecule has 24 heavy (non-hydrogen) atoms. The Balaban J connectivity index is 1.69. The molecule has 1 atom stereocenters. The second-order valence-corrected chi connectivity index (χ2v) is 6.10. The maximum Gasteiger partial charge on any atom is 0.256 e. The van der Waals surface area contributed by atoms with E-state index in [0.29, 0.717) is 17.8 Å². The van der Waals surface area contributed by atoms with E-state index in [2.05, 4.69) is 34.1 Å². The molecule has 2 aromatic heterocycles. The number of rotatable bonds is 7. The van der Waals surface area contributed by atoms with Crippen LogP contribution in [0.2, 0.25) is 0 Å². The molecule has 0 aromatic carbocycles. The third kappa shape index (κ3) is 3.73. The molecule has 3 rings (SSSR count). The Hall–Kier alpha value is -1.99. The number of hydrogen-bond acceptors (Lipinski definition) is 5. The zero-order chi connectivity index (χ0) is 16.9. The molecule has 3 heterocycles. The van der Waals surface area contributed by atoms with E-state index in [1.54, 1.807) is 10.7 Å². The van der Waals surface area contributed by atoms with E-state index in [9.17, 15) is 4.79 Å². The van der Waals surface area contributed by atoms with Crippen molar-refractivity contribution in [3.8, 4) is 0 Å². The van der Waals surface area contributed by atoms with Crippen LogP contribution in [0.4, 0.5) is 0 Å². The standard InChI is InChI=1S/C17H25N5O2/c1-3-21(4-2)11-13-8-18-16-15(10-20-22(16)12-13)17(23)19-9-14-6-5-7-24-14/h8,10,12,14H,3-7,9,11H2,1-2H3,(H,19,23)/t14-/m0/s1. The highest BCUT2D eigenvalue weighted by atomic mass is 16.5. The predicted molar refractivity (Wildman–Crippen MR) is 90.9 cm³/mol. The molecule has 0 bridgehead atoms. The molecule has 2 aromatic rings. The van der Waals surface area contributed by atoms with E-state index >= 15 is 0 Å². The number of aromatic nitrogens is 3. The van der Waals surface area contributed by atoms with Gasteiger partial charge in [0.1, 0.15) is 5.56 Å². The maximum absolute atomic E-state index is 12.4. The van der Waals surface area contributed by atoms with Crippen molar-refractivity contribution in [2.45, 2.75) is 39.3 Å². The quantitative estimate of drug-likeness (QED) is 0.832. The summed E-state index contributed by atoms with van der Waals surface area (Å²) in [6, 6.07) is 0. The summed E-state index contributed by atoms with van der Waals surface area (Å²) < 4.78 is 7.21. The van der Waals surface area contributed by atoms with Gasteiger partial charge < -0.3 is 10.1 Å². The number of nitrogens with zero attached hydrogens (tertiary/aromatic N) is 4. The minimum absolute atomic E-state index is 0.129. The van der Waals surface area contributed by atoms with Crippen LogP contribution >= 0.6 is 0 Å². The Morgan fingerprint density at radius 3 is 2.96 bits per heavy atom. The van der Waals surface area contributed by atoms with Crippen molar-refractivity contribution in [1.29, 1.82) is 0 Å². The van der Waals surface area contributed by atoms with Gasteiger partial charge in [0.25, 0.3) is 5.91 Å². The van der Waals surface area contributed by atoms with Crippen LogP contribution in [0.1, 0.15) is 42.6 Å². The molecule has 1 saturated heterocycles. The highest BCUT2D eigenvalue weighted by molar-refractivity contribution is 5.99. The smallest absolute Gasteiger partial charge is 0.256 e. The number of amides is 1. The zero-order valence-electron chi connectivity index (χ0n) is 14.4. The van der Waals surface area contributed by atoms with E-state index in [1.165, 1.54) is 0 Å². The lowest BCUT2D eigenvalue weighted by atomic mass is 10.2. The zero-order valence-corrected chi connectivity index (χ0v) is 14.4. The SMILES string of the molecule is CCN(CC)Cc1cnc2c(C(=O)NC[C@@H]3CCCO3)cnn2c1. The molecule has 1 aliphatic rings.